The van der Waals surface area contributed by atoms with Gasteiger partial charge in [-0.05, 0) is 44.0 Å². The number of carbonyl (C=O) groups excluding carboxylic acids is 1. The average molecular weight is 300 g/mol. The Bertz CT molecular complexity index is 427. The number of nitrogens with one attached hydrogen (secondary N) is 1. The van der Waals surface area contributed by atoms with Gasteiger partial charge in [0, 0.05) is 6.04 Å². The Hall–Kier alpha value is -0.740. The van der Waals surface area contributed by atoms with Crippen LogP contribution >= 0.6 is 15.9 Å². The monoisotopic (exact) mass is 299 g/mol. The molecule has 1 aromatic carbocycles. The molecular weight excluding hydrogens is 285 g/mol. The van der Waals surface area contributed by atoms with E-state index in [1.54, 1.807) is 13.0 Å². The first-order chi connectivity index (χ1) is 8.09. The molecule has 0 aliphatic carbocycles. The molecule has 17 heavy (non-hydrogen) atoms. The molecule has 0 saturated carbocycles. The van der Waals surface area contributed by atoms with Gasteiger partial charge in [-0.25, -0.2) is 4.39 Å². The third-order valence-corrected chi connectivity index (χ3v) is 3.50. The highest BCUT2D eigenvalue weighted by Crippen LogP contribution is 2.25. The van der Waals surface area contributed by atoms with Crippen LogP contribution in [0.2, 0.25) is 0 Å². The lowest BCUT2D eigenvalue weighted by Crippen LogP contribution is -2.15. The van der Waals surface area contributed by atoms with Gasteiger partial charge in [0.1, 0.15) is 5.82 Å². The van der Waals surface area contributed by atoms with Gasteiger partial charge in [-0.15, -0.1) is 0 Å². The van der Waals surface area contributed by atoms with Crippen LogP contribution in [0.4, 0.5) is 4.39 Å². The highest BCUT2D eigenvalue weighted by Gasteiger charge is 2.20. The molecular formula is C13H15BrFNO. The molecule has 1 saturated heterocycles. The second-order valence-electron chi connectivity index (χ2n) is 4.37. The van der Waals surface area contributed by atoms with Crippen LogP contribution in [0.3, 0.4) is 0 Å². The first kappa shape index (κ1) is 12.7. The van der Waals surface area contributed by atoms with Gasteiger partial charge < -0.3 is 5.32 Å². The van der Waals surface area contributed by atoms with Crippen molar-refractivity contribution < 1.29 is 9.18 Å². The van der Waals surface area contributed by atoms with Gasteiger partial charge >= 0.3 is 0 Å². The summed E-state index contributed by atoms with van der Waals surface area (Å²) in [5, 5.41) is 3.31. The third-order valence-electron chi connectivity index (χ3n) is 3.08. The Kier molecular flexibility index (Phi) is 3.94. The van der Waals surface area contributed by atoms with E-state index in [-0.39, 0.29) is 22.2 Å². The van der Waals surface area contributed by atoms with Gasteiger partial charge in [0.05, 0.1) is 10.4 Å². The fourth-order valence-electron chi connectivity index (χ4n) is 2.13. The highest BCUT2D eigenvalue weighted by atomic mass is 79.9. The Morgan fingerprint density at radius 1 is 1.59 bits per heavy atom. The summed E-state index contributed by atoms with van der Waals surface area (Å²) in [5.74, 6) is -0.638. The predicted molar refractivity (Wildman–Crippen MR) is 69.1 cm³/mol. The van der Waals surface area contributed by atoms with Crippen LogP contribution in [0.15, 0.2) is 18.2 Å². The summed E-state index contributed by atoms with van der Waals surface area (Å²) < 4.78 is 13.8. The molecule has 0 amide bonds. The summed E-state index contributed by atoms with van der Waals surface area (Å²) in [7, 11) is 0. The summed E-state index contributed by atoms with van der Waals surface area (Å²) in [6.07, 6.45) is 2.15. The average Bonchev–Trinajstić information content (AvgIpc) is 2.81. The van der Waals surface area contributed by atoms with Crippen LogP contribution in [-0.2, 0) is 0 Å². The molecule has 92 valence electrons. The fraction of sp³-hybridized carbons (Fsp3) is 0.462. The molecule has 1 fully saturated rings. The van der Waals surface area contributed by atoms with Crippen molar-refractivity contribution in [1.29, 1.82) is 0 Å². The zero-order valence-electron chi connectivity index (χ0n) is 9.67. The maximum Gasteiger partial charge on any atom is 0.179 e. The summed E-state index contributed by atoms with van der Waals surface area (Å²) in [6.45, 7) is 2.68. The molecule has 1 heterocycles. The molecule has 2 atom stereocenters. The van der Waals surface area contributed by atoms with Crippen molar-refractivity contribution in [3.8, 4) is 0 Å². The molecule has 0 radical (unpaired) electrons. The Labute approximate surface area is 109 Å². The van der Waals surface area contributed by atoms with E-state index in [0.29, 0.717) is 0 Å². The number of rotatable bonds is 3. The minimum absolute atomic E-state index is 0.163. The SMILES string of the molecule is CC(Br)C(=O)c1ccc(C2CCCN2)cc1F. The Morgan fingerprint density at radius 2 is 2.35 bits per heavy atom. The number of halogens is 2. The van der Waals surface area contributed by atoms with Gasteiger partial charge in [-0.2, -0.15) is 0 Å². The molecule has 2 unspecified atom stereocenters. The Balaban J connectivity index is 2.25. The lowest BCUT2D eigenvalue weighted by atomic mass is 10.0. The molecule has 1 N–H and O–H groups in total. The number of ketones is 1. The second kappa shape index (κ2) is 5.27. The van der Waals surface area contributed by atoms with Crippen LogP contribution in [0.5, 0.6) is 0 Å². The van der Waals surface area contributed by atoms with Gasteiger partial charge in [0.15, 0.2) is 5.78 Å². The lowest BCUT2D eigenvalue weighted by molar-refractivity contribution is 0.0992. The largest absolute Gasteiger partial charge is 0.310 e. The fourth-order valence-corrected chi connectivity index (χ4v) is 2.38. The molecule has 2 nitrogen and oxygen atoms in total. The van der Waals surface area contributed by atoms with Crippen molar-refractivity contribution in [3.63, 3.8) is 0 Å². The van der Waals surface area contributed by atoms with Crippen LogP contribution in [0.25, 0.3) is 0 Å². The maximum atomic E-state index is 13.8. The van der Waals surface area contributed by atoms with Gasteiger partial charge in [0.25, 0.3) is 0 Å². The van der Waals surface area contributed by atoms with Gasteiger partial charge in [0.2, 0.25) is 0 Å². The van der Waals surface area contributed by atoms with E-state index < -0.39 is 5.82 Å². The topological polar surface area (TPSA) is 29.1 Å². The van der Waals surface area contributed by atoms with E-state index in [1.807, 2.05) is 6.07 Å². The molecule has 0 spiro atoms. The van der Waals surface area contributed by atoms with E-state index in [4.69, 9.17) is 0 Å². The molecule has 0 aromatic heterocycles. The van der Waals surface area contributed by atoms with Crippen LogP contribution in [0.1, 0.15) is 41.7 Å². The van der Waals surface area contributed by atoms with Crippen molar-refractivity contribution in [2.24, 2.45) is 0 Å². The predicted octanol–water partition coefficient (Wildman–Crippen LogP) is 3.22. The minimum atomic E-state index is -0.424. The van der Waals surface area contributed by atoms with E-state index in [1.165, 1.54) is 6.07 Å². The normalized spacial score (nSPS) is 21.5. The van der Waals surface area contributed by atoms with Crippen molar-refractivity contribution >= 4 is 21.7 Å². The van der Waals surface area contributed by atoms with Crippen LogP contribution < -0.4 is 5.32 Å². The van der Waals surface area contributed by atoms with E-state index in [0.717, 1.165) is 24.9 Å². The number of carbonyl (C=O) groups is 1. The molecule has 1 aliphatic heterocycles. The zero-order valence-corrected chi connectivity index (χ0v) is 11.3. The summed E-state index contributed by atoms with van der Waals surface area (Å²) in [4.78, 5) is 11.3. The van der Waals surface area contributed by atoms with Crippen molar-refractivity contribution in [2.75, 3.05) is 6.54 Å². The molecule has 2 rings (SSSR count). The van der Waals surface area contributed by atoms with Crippen LogP contribution in [-0.4, -0.2) is 17.2 Å². The molecule has 0 bridgehead atoms. The summed E-state index contributed by atoms with van der Waals surface area (Å²) in [6, 6.07) is 5.14. The number of hydrogen-bond donors (Lipinski definition) is 1. The van der Waals surface area contributed by atoms with Crippen molar-refractivity contribution in [1.82, 2.24) is 5.32 Å². The van der Waals surface area contributed by atoms with E-state index >= 15 is 0 Å². The highest BCUT2D eigenvalue weighted by molar-refractivity contribution is 9.10. The number of Topliss-reactive ketones (excluding diaryl/α,β-unsaturated/α-hetero) is 1. The van der Waals surface area contributed by atoms with Crippen molar-refractivity contribution in [3.05, 3.63) is 35.1 Å². The number of benzene rings is 1. The minimum Gasteiger partial charge on any atom is -0.310 e. The van der Waals surface area contributed by atoms with Crippen molar-refractivity contribution in [2.45, 2.75) is 30.6 Å². The summed E-state index contributed by atoms with van der Waals surface area (Å²) in [5.41, 5.74) is 1.09. The third kappa shape index (κ3) is 2.75. The number of hydrogen-bond acceptors (Lipinski definition) is 2. The lowest BCUT2D eigenvalue weighted by Gasteiger charge is -2.12. The first-order valence-corrected chi connectivity index (χ1v) is 6.72. The van der Waals surface area contributed by atoms with E-state index in [9.17, 15) is 9.18 Å². The first-order valence-electron chi connectivity index (χ1n) is 5.80. The quantitative estimate of drug-likeness (QED) is 0.686. The molecule has 1 aromatic rings. The van der Waals surface area contributed by atoms with E-state index in [2.05, 4.69) is 21.2 Å². The molecule has 4 heteroatoms. The van der Waals surface area contributed by atoms with Gasteiger partial charge in [-0.1, -0.05) is 22.0 Å². The zero-order chi connectivity index (χ0) is 12.4. The maximum absolute atomic E-state index is 13.8. The summed E-state index contributed by atoms with van der Waals surface area (Å²) >= 11 is 3.17. The molecule has 1 aliphatic rings. The Morgan fingerprint density at radius 3 is 2.88 bits per heavy atom. The van der Waals surface area contributed by atoms with Gasteiger partial charge in [-0.3, -0.25) is 4.79 Å². The standard InChI is InChI=1S/C13H15BrFNO/c1-8(14)13(17)10-5-4-9(7-11(10)15)12-3-2-6-16-12/h4-5,7-8,12,16H,2-3,6H2,1H3. The second-order valence-corrected chi connectivity index (χ2v) is 5.74. The number of alkyl halides is 1. The van der Waals surface area contributed by atoms with Crippen LogP contribution in [0, 0.1) is 5.82 Å². The smallest absolute Gasteiger partial charge is 0.179 e.